The van der Waals surface area contributed by atoms with E-state index in [1.54, 1.807) is 18.5 Å². The number of amides is 2. The van der Waals surface area contributed by atoms with Crippen molar-refractivity contribution in [2.24, 2.45) is 5.73 Å². The number of nitrogens with zero attached hydrogens (tertiary/aromatic N) is 1. The van der Waals surface area contributed by atoms with E-state index in [0.29, 0.717) is 35.2 Å². The van der Waals surface area contributed by atoms with Crippen LogP contribution in [0, 0.1) is 0 Å². The van der Waals surface area contributed by atoms with Crippen LogP contribution in [0.25, 0.3) is 22.3 Å². The minimum absolute atomic E-state index is 0.195. The molecule has 0 saturated heterocycles. The van der Waals surface area contributed by atoms with Gasteiger partial charge in [0.15, 0.2) is 0 Å². The first-order chi connectivity index (χ1) is 18.4. The Morgan fingerprint density at radius 3 is 2.32 bits per heavy atom. The number of carbonyl (C=O) groups is 2. The van der Waals surface area contributed by atoms with Crippen LogP contribution in [0.15, 0.2) is 91.3 Å². The third kappa shape index (κ3) is 7.57. The van der Waals surface area contributed by atoms with Crippen molar-refractivity contribution < 1.29 is 14.3 Å². The molecule has 4 aromatic rings. The number of nitrogens with two attached hydrogens (primary N) is 1. The van der Waals surface area contributed by atoms with Crippen LogP contribution < -0.4 is 15.8 Å². The fourth-order valence-corrected chi connectivity index (χ4v) is 4.28. The number of carbonyl (C=O) groups excluding carboxylic acids is 2. The third-order valence-electron chi connectivity index (χ3n) is 5.93. The van der Waals surface area contributed by atoms with Gasteiger partial charge in [0.25, 0.3) is 0 Å². The lowest BCUT2D eigenvalue weighted by molar-refractivity contribution is -0.127. The minimum Gasteiger partial charge on any atom is -0.494 e. The minimum atomic E-state index is -0.768. The van der Waals surface area contributed by atoms with Crippen LogP contribution in [0.1, 0.15) is 18.4 Å². The molecule has 0 unspecified atom stereocenters. The average Bonchev–Trinajstić information content (AvgIpc) is 2.93. The zero-order valence-corrected chi connectivity index (χ0v) is 22.1. The van der Waals surface area contributed by atoms with Gasteiger partial charge in [-0.15, -0.1) is 0 Å². The van der Waals surface area contributed by atoms with Crippen LogP contribution in [-0.4, -0.2) is 29.4 Å². The Morgan fingerprint density at radius 2 is 1.63 bits per heavy atom. The molecule has 0 spiro atoms. The van der Waals surface area contributed by atoms with E-state index in [-0.39, 0.29) is 12.3 Å². The summed E-state index contributed by atoms with van der Waals surface area (Å²) in [6.07, 6.45) is 4.50. The Labute approximate surface area is 231 Å². The van der Waals surface area contributed by atoms with Crippen LogP contribution >= 0.6 is 23.2 Å². The average molecular weight is 548 g/mol. The quantitative estimate of drug-likeness (QED) is 0.222. The second kappa shape index (κ2) is 13.1. The van der Waals surface area contributed by atoms with E-state index in [2.05, 4.69) is 10.3 Å². The molecular formula is C30H27Cl2N3O3. The number of halogens is 2. The lowest BCUT2D eigenvalue weighted by Gasteiger charge is -2.16. The van der Waals surface area contributed by atoms with Gasteiger partial charge in [-0.2, -0.15) is 0 Å². The van der Waals surface area contributed by atoms with Crippen LogP contribution in [0.5, 0.6) is 5.75 Å². The summed E-state index contributed by atoms with van der Waals surface area (Å²) in [4.78, 5) is 28.6. The normalized spacial score (nSPS) is 11.5. The standard InChI is InChI=1S/C30H27Cl2N3O3/c31-26-11-10-21(18-27(26)32)23-15-24(22-8-4-12-34-19-22)17-25(16-23)38-13-5-9-29(36)35-28(30(33)37)14-20-6-2-1-3-7-20/h1-4,6-8,10-12,15-19,28H,5,9,13-14H2,(H2,33,37)(H,35,36)/t28-/m0/s1. The molecular weight excluding hydrogens is 521 g/mol. The summed E-state index contributed by atoms with van der Waals surface area (Å²) >= 11 is 12.4. The number of pyridine rings is 1. The summed E-state index contributed by atoms with van der Waals surface area (Å²) in [6, 6.07) is 23.9. The maximum absolute atomic E-state index is 12.5. The molecule has 3 aromatic carbocycles. The van der Waals surface area contributed by atoms with E-state index in [1.807, 2.05) is 72.8 Å². The number of rotatable bonds is 11. The van der Waals surface area contributed by atoms with E-state index in [0.717, 1.165) is 27.8 Å². The molecule has 8 heteroatoms. The highest BCUT2D eigenvalue weighted by molar-refractivity contribution is 6.42. The fraction of sp³-hybridized carbons (Fsp3) is 0.167. The number of benzene rings is 3. The SMILES string of the molecule is NC(=O)[C@H](Cc1ccccc1)NC(=O)CCCOc1cc(-c2cccnc2)cc(-c2ccc(Cl)c(Cl)c2)c1. The number of ether oxygens (including phenoxy) is 1. The molecule has 0 bridgehead atoms. The lowest BCUT2D eigenvalue weighted by Crippen LogP contribution is -2.45. The van der Waals surface area contributed by atoms with Crippen molar-refractivity contribution in [3.63, 3.8) is 0 Å². The smallest absolute Gasteiger partial charge is 0.240 e. The van der Waals surface area contributed by atoms with Gasteiger partial charge in [0.1, 0.15) is 11.8 Å². The Balaban J connectivity index is 1.40. The molecule has 0 fully saturated rings. The molecule has 1 atom stereocenters. The molecule has 38 heavy (non-hydrogen) atoms. The zero-order valence-electron chi connectivity index (χ0n) is 20.6. The molecule has 0 aliphatic rings. The van der Waals surface area contributed by atoms with Gasteiger partial charge in [-0.1, -0.05) is 65.7 Å². The number of nitrogens with one attached hydrogen (secondary N) is 1. The molecule has 4 rings (SSSR count). The predicted octanol–water partition coefficient (Wildman–Crippen LogP) is 6.09. The maximum atomic E-state index is 12.5. The van der Waals surface area contributed by atoms with E-state index < -0.39 is 11.9 Å². The first kappa shape index (κ1) is 27.2. The van der Waals surface area contributed by atoms with Crippen LogP contribution in [0.2, 0.25) is 10.0 Å². The molecule has 194 valence electrons. The van der Waals surface area contributed by atoms with Crippen molar-refractivity contribution in [2.75, 3.05) is 6.61 Å². The van der Waals surface area contributed by atoms with Crippen molar-refractivity contribution in [1.82, 2.24) is 10.3 Å². The highest BCUT2D eigenvalue weighted by Crippen LogP contribution is 2.34. The second-order valence-corrected chi connectivity index (χ2v) is 9.60. The molecule has 3 N–H and O–H groups in total. The van der Waals surface area contributed by atoms with Crippen molar-refractivity contribution >= 4 is 35.0 Å². The Morgan fingerprint density at radius 1 is 0.868 bits per heavy atom. The summed E-state index contributed by atoms with van der Waals surface area (Å²) in [5.41, 5.74) is 10.1. The molecule has 2 amide bonds. The fourth-order valence-electron chi connectivity index (χ4n) is 3.99. The van der Waals surface area contributed by atoms with Gasteiger partial charge in [0, 0.05) is 30.8 Å². The summed E-state index contributed by atoms with van der Waals surface area (Å²) in [5.74, 6) is -0.179. The van der Waals surface area contributed by atoms with Gasteiger partial charge in [-0.3, -0.25) is 14.6 Å². The topological polar surface area (TPSA) is 94.3 Å². The molecule has 6 nitrogen and oxygen atoms in total. The van der Waals surface area contributed by atoms with E-state index in [1.165, 1.54) is 0 Å². The van der Waals surface area contributed by atoms with Gasteiger partial charge < -0.3 is 15.8 Å². The van der Waals surface area contributed by atoms with Gasteiger partial charge in [-0.25, -0.2) is 0 Å². The number of hydrogen-bond acceptors (Lipinski definition) is 4. The Kier molecular flexibility index (Phi) is 9.35. The van der Waals surface area contributed by atoms with E-state index in [4.69, 9.17) is 33.7 Å². The van der Waals surface area contributed by atoms with E-state index >= 15 is 0 Å². The maximum Gasteiger partial charge on any atom is 0.240 e. The van der Waals surface area contributed by atoms with Crippen LogP contribution in [-0.2, 0) is 16.0 Å². The second-order valence-electron chi connectivity index (χ2n) is 8.78. The summed E-state index contributed by atoms with van der Waals surface area (Å²) in [6.45, 7) is 0.310. The predicted molar refractivity (Wildman–Crippen MR) is 151 cm³/mol. The van der Waals surface area contributed by atoms with Crippen molar-refractivity contribution in [1.29, 1.82) is 0 Å². The Hall–Kier alpha value is -3.87. The van der Waals surface area contributed by atoms with Gasteiger partial charge in [0.05, 0.1) is 16.7 Å². The molecule has 0 saturated carbocycles. The number of aromatic nitrogens is 1. The summed E-state index contributed by atoms with van der Waals surface area (Å²) in [7, 11) is 0. The van der Waals surface area contributed by atoms with Crippen LogP contribution in [0.4, 0.5) is 0 Å². The van der Waals surface area contributed by atoms with Crippen molar-refractivity contribution in [3.8, 4) is 28.0 Å². The zero-order chi connectivity index (χ0) is 26.9. The molecule has 1 aromatic heterocycles. The Bertz CT molecular complexity index is 1400. The highest BCUT2D eigenvalue weighted by atomic mass is 35.5. The van der Waals surface area contributed by atoms with Gasteiger partial charge in [-0.05, 0) is 65.1 Å². The van der Waals surface area contributed by atoms with Crippen molar-refractivity contribution in [3.05, 3.63) is 107 Å². The number of primary amides is 1. The van der Waals surface area contributed by atoms with Crippen LogP contribution in [0.3, 0.4) is 0 Å². The molecule has 0 radical (unpaired) electrons. The van der Waals surface area contributed by atoms with E-state index in [9.17, 15) is 9.59 Å². The third-order valence-corrected chi connectivity index (χ3v) is 6.67. The van der Waals surface area contributed by atoms with Gasteiger partial charge >= 0.3 is 0 Å². The molecule has 0 aliphatic carbocycles. The first-order valence-corrected chi connectivity index (χ1v) is 12.9. The molecule has 1 heterocycles. The lowest BCUT2D eigenvalue weighted by atomic mass is 9.99. The summed E-state index contributed by atoms with van der Waals surface area (Å²) < 4.78 is 6.03. The largest absolute Gasteiger partial charge is 0.494 e. The monoisotopic (exact) mass is 547 g/mol. The first-order valence-electron chi connectivity index (χ1n) is 12.2. The number of hydrogen-bond donors (Lipinski definition) is 2. The highest BCUT2D eigenvalue weighted by Gasteiger charge is 2.18. The summed E-state index contributed by atoms with van der Waals surface area (Å²) in [5, 5.41) is 3.68. The van der Waals surface area contributed by atoms with Crippen molar-refractivity contribution in [2.45, 2.75) is 25.3 Å². The van der Waals surface area contributed by atoms with Gasteiger partial charge in [0.2, 0.25) is 11.8 Å². The molecule has 0 aliphatic heterocycles.